The van der Waals surface area contributed by atoms with Gasteiger partial charge in [0, 0.05) is 25.0 Å². The summed E-state index contributed by atoms with van der Waals surface area (Å²) in [4.78, 5) is 23.5. The highest BCUT2D eigenvalue weighted by atomic mass is 16.5. The third-order valence-electron chi connectivity index (χ3n) is 4.23. The lowest BCUT2D eigenvalue weighted by atomic mass is 10.0. The lowest BCUT2D eigenvalue weighted by Gasteiger charge is -2.34. The van der Waals surface area contributed by atoms with Crippen LogP contribution in [0.25, 0.3) is 11.4 Å². The standard InChI is InChI=1S/C17H23N5O2/c1-11-8-13(14-9-12(2)20-21-14)19-17(18-11)15-6-4-5-7-22(15)16(23)10-24-3/h8-9,15H,4-7,10H2,1-3H3,(H,20,21)/t15-/m1/s1. The Hall–Kier alpha value is -2.28. The number of nitrogens with one attached hydrogen (secondary N) is 1. The molecule has 3 heterocycles. The molecule has 1 atom stereocenters. The van der Waals surface area contributed by atoms with Gasteiger partial charge in [-0.3, -0.25) is 9.89 Å². The molecule has 0 bridgehead atoms. The number of H-pyrrole nitrogens is 1. The van der Waals surface area contributed by atoms with E-state index in [1.807, 2.05) is 30.9 Å². The van der Waals surface area contributed by atoms with Crippen molar-refractivity contribution in [1.82, 2.24) is 25.1 Å². The van der Waals surface area contributed by atoms with Crippen LogP contribution >= 0.6 is 0 Å². The first-order valence-electron chi connectivity index (χ1n) is 8.25. The molecule has 0 saturated carbocycles. The van der Waals surface area contributed by atoms with E-state index in [0.29, 0.717) is 5.82 Å². The van der Waals surface area contributed by atoms with E-state index in [-0.39, 0.29) is 18.6 Å². The number of rotatable bonds is 4. The molecule has 1 amide bonds. The van der Waals surface area contributed by atoms with Crippen molar-refractivity contribution in [2.24, 2.45) is 0 Å². The van der Waals surface area contributed by atoms with Crippen molar-refractivity contribution in [1.29, 1.82) is 0 Å². The van der Waals surface area contributed by atoms with Gasteiger partial charge < -0.3 is 9.64 Å². The van der Waals surface area contributed by atoms with E-state index in [2.05, 4.69) is 15.2 Å². The molecule has 3 rings (SSSR count). The molecular weight excluding hydrogens is 306 g/mol. The Morgan fingerprint density at radius 3 is 2.83 bits per heavy atom. The van der Waals surface area contributed by atoms with Crippen molar-refractivity contribution in [2.45, 2.75) is 39.2 Å². The van der Waals surface area contributed by atoms with Crippen molar-refractivity contribution in [2.75, 3.05) is 20.3 Å². The van der Waals surface area contributed by atoms with Gasteiger partial charge in [0.15, 0.2) is 5.82 Å². The maximum atomic E-state index is 12.4. The number of ether oxygens (including phenoxy) is 1. The fourth-order valence-electron chi connectivity index (χ4n) is 3.13. The molecule has 24 heavy (non-hydrogen) atoms. The first-order valence-corrected chi connectivity index (χ1v) is 8.25. The summed E-state index contributed by atoms with van der Waals surface area (Å²) in [7, 11) is 1.54. The monoisotopic (exact) mass is 329 g/mol. The van der Waals surface area contributed by atoms with Crippen LogP contribution in [0.15, 0.2) is 12.1 Å². The zero-order valence-corrected chi connectivity index (χ0v) is 14.4. The van der Waals surface area contributed by atoms with Crippen molar-refractivity contribution in [3.8, 4) is 11.4 Å². The number of hydrogen-bond acceptors (Lipinski definition) is 5. The third-order valence-corrected chi connectivity index (χ3v) is 4.23. The van der Waals surface area contributed by atoms with E-state index in [4.69, 9.17) is 9.72 Å². The second-order valence-electron chi connectivity index (χ2n) is 6.22. The normalized spacial score (nSPS) is 18.0. The summed E-state index contributed by atoms with van der Waals surface area (Å²) in [5.41, 5.74) is 3.44. The molecule has 2 aromatic rings. The molecule has 128 valence electrons. The maximum absolute atomic E-state index is 12.4. The summed E-state index contributed by atoms with van der Waals surface area (Å²) in [5.74, 6) is 0.680. The molecule has 7 nitrogen and oxygen atoms in total. The summed E-state index contributed by atoms with van der Waals surface area (Å²) in [6, 6.07) is 3.78. The highest BCUT2D eigenvalue weighted by molar-refractivity contribution is 5.78. The molecule has 1 aliphatic heterocycles. The van der Waals surface area contributed by atoms with E-state index < -0.39 is 0 Å². The second-order valence-corrected chi connectivity index (χ2v) is 6.22. The van der Waals surface area contributed by atoms with Gasteiger partial charge in [-0.15, -0.1) is 0 Å². The fraction of sp³-hybridized carbons (Fsp3) is 0.529. The predicted molar refractivity (Wildman–Crippen MR) is 89.3 cm³/mol. The minimum atomic E-state index is -0.0971. The average molecular weight is 329 g/mol. The van der Waals surface area contributed by atoms with Crippen LogP contribution in [0.2, 0.25) is 0 Å². The smallest absolute Gasteiger partial charge is 0.249 e. The molecule has 1 aliphatic rings. The molecule has 1 N–H and O–H groups in total. The number of carbonyl (C=O) groups excluding carboxylic acids is 1. The van der Waals surface area contributed by atoms with Crippen molar-refractivity contribution >= 4 is 5.91 Å². The zero-order chi connectivity index (χ0) is 17.1. The Kier molecular flexibility index (Phi) is 4.89. The Morgan fingerprint density at radius 2 is 2.12 bits per heavy atom. The summed E-state index contributed by atoms with van der Waals surface area (Å²) in [5, 5.41) is 7.22. The van der Waals surface area contributed by atoms with E-state index in [1.54, 1.807) is 0 Å². The van der Waals surface area contributed by atoms with Crippen LogP contribution in [-0.2, 0) is 9.53 Å². The summed E-state index contributed by atoms with van der Waals surface area (Å²) < 4.78 is 5.01. The van der Waals surface area contributed by atoms with Crippen molar-refractivity contribution in [3.05, 3.63) is 29.3 Å². The van der Waals surface area contributed by atoms with Gasteiger partial charge >= 0.3 is 0 Å². The third kappa shape index (κ3) is 3.46. The van der Waals surface area contributed by atoms with Gasteiger partial charge in [0.05, 0.1) is 11.7 Å². The predicted octanol–water partition coefficient (Wildman–Crippen LogP) is 2.18. The molecule has 0 spiro atoms. The van der Waals surface area contributed by atoms with Crippen LogP contribution in [0, 0.1) is 13.8 Å². The largest absolute Gasteiger partial charge is 0.375 e. The Balaban J connectivity index is 1.94. The summed E-state index contributed by atoms with van der Waals surface area (Å²) >= 11 is 0. The minimum absolute atomic E-state index is 0.00975. The highest BCUT2D eigenvalue weighted by Gasteiger charge is 2.30. The number of amides is 1. The van der Waals surface area contributed by atoms with Gasteiger partial charge in [0.1, 0.15) is 12.3 Å². The Bertz CT molecular complexity index is 728. The number of carbonyl (C=O) groups is 1. The van der Waals surface area contributed by atoms with E-state index in [0.717, 1.165) is 48.6 Å². The van der Waals surface area contributed by atoms with E-state index >= 15 is 0 Å². The van der Waals surface area contributed by atoms with Crippen LogP contribution in [0.1, 0.15) is 42.5 Å². The number of hydrogen-bond donors (Lipinski definition) is 1. The number of aromatic nitrogens is 4. The van der Waals surface area contributed by atoms with E-state index in [1.165, 1.54) is 7.11 Å². The number of aryl methyl sites for hydroxylation is 2. The molecule has 0 unspecified atom stereocenters. The van der Waals surface area contributed by atoms with Gasteiger partial charge in [0.2, 0.25) is 5.91 Å². The van der Waals surface area contributed by atoms with Gasteiger partial charge in [-0.25, -0.2) is 9.97 Å². The molecule has 2 aromatic heterocycles. The van der Waals surface area contributed by atoms with Crippen LogP contribution in [0.5, 0.6) is 0 Å². The summed E-state index contributed by atoms with van der Waals surface area (Å²) in [6.07, 6.45) is 2.94. The maximum Gasteiger partial charge on any atom is 0.249 e. The lowest BCUT2D eigenvalue weighted by molar-refractivity contribution is -0.139. The number of likely N-dealkylation sites (tertiary alicyclic amines) is 1. The van der Waals surface area contributed by atoms with Gasteiger partial charge in [0.25, 0.3) is 0 Å². The number of methoxy groups -OCH3 is 1. The van der Waals surface area contributed by atoms with Crippen LogP contribution in [-0.4, -0.2) is 51.2 Å². The molecule has 7 heteroatoms. The average Bonchev–Trinajstić information content (AvgIpc) is 3.01. The number of nitrogens with zero attached hydrogens (tertiary/aromatic N) is 4. The quantitative estimate of drug-likeness (QED) is 0.929. The van der Waals surface area contributed by atoms with Crippen molar-refractivity contribution in [3.63, 3.8) is 0 Å². The highest BCUT2D eigenvalue weighted by Crippen LogP contribution is 2.30. The van der Waals surface area contributed by atoms with Crippen molar-refractivity contribution < 1.29 is 9.53 Å². The van der Waals surface area contributed by atoms with Crippen LogP contribution in [0.3, 0.4) is 0 Å². The SMILES string of the molecule is COCC(=O)N1CCCC[C@@H]1c1nc(C)cc(-c2cc(C)[nH]n2)n1. The zero-order valence-electron chi connectivity index (χ0n) is 14.4. The van der Waals surface area contributed by atoms with E-state index in [9.17, 15) is 4.79 Å². The Morgan fingerprint density at radius 1 is 1.29 bits per heavy atom. The number of aromatic amines is 1. The fourth-order valence-corrected chi connectivity index (χ4v) is 3.13. The first-order chi connectivity index (χ1) is 11.6. The number of piperidine rings is 1. The topological polar surface area (TPSA) is 84.0 Å². The minimum Gasteiger partial charge on any atom is -0.375 e. The lowest BCUT2D eigenvalue weighted by Crippen LogP contribution is -2.41. The van der Waals surface area contributed by atoms with Gasteiger partial charge in [-0.1, -0.05) is 0 Å². The first kappa shape index (κ1) is 16.6. The molecule has 0 aromatic carbocycles. The molecule has 1 fully saturated rings. The van der Waals surface area contributed by atoms with Gasteiger partial charge in [-0.2, -0.15) is 5.10 Å². The Labute approximate surface area is 141 Å². The molecular formula is C17H23N5O2. The van der Waals surface area contributed by atoms with Crippen LogP contribution < -0.4 is 0 Å². The molecule has 0 radical (unpaired) electrons. The second kappa shape index (κ2) is 7.09. The molecule has 1 saturated heterocycles. The summed E-state index contributed by atoms with van der Waals surface area (Å²) in [6.45, 7) is 4.71. The molecule has 0 aliphatic carbocycles. The van der Waals surface area contributed by atoms with Crippen LogP contribution in [0.4, 0.5) is 0 Å². The van der Waals surface area contributed by atoms with Gasteiger partial charge in [-0.05, 0) is 45.2 Å².